The first-order valence-corrected chi connectivity index (χ1v) is 8.59. The van der Waals surface area contributed by atoms with Crippen LogP contribution in [0.3, 0.4) is 0 Å². The van der Waals surface area contributed by atoms with Crippen molar-refractivity contribution >= 4 is 5.65 Å². The summed E-state index contributed by atoms with van der Waals surface area (Å²) < 4.78 is 13.9. The zero-order valence-electron chi connectivity index (χ0n) is 14.0. The molecule has 4 heterocycles. The van der Waals surface area contributed by atoms with Crippen LogP contribution in [0.5, 0.6) is 0 Å². The van der Waals surface area contributed by atoms with Crippen LogP contribution in [0, 0.1) is 0 Å². The van der Waals surface area contributed by atoms with E-state index in [1.807, 2.05) is 24.4 Å². The second-order valence-electron chi connectivity index (χ2n) is 6.51. The molecule has 0 bridgehead atoms. The number of ether oxygens (including phenoxy) is 1. The number of imidazole rings is 1. The van der Waals surface area contributed by atoms with Crippen molar-refractivity contribution in [2.75, 3.05) is 13.7 Å². The Bertz CT molecular complexity index is 802. The number of hydrogen-bond donors (Lipinski definition) is 0. The molecule has 0 saturated carbocycles. The van der Waals surface area contributed by atoms with Crippen molar-refractivity contribution in [2.45, 2.75) is 38.5 Å². The van der Waals surface area contributed by atoms with E-state index in [9.17, 15) is 0 Å². The average molecular weight is 325 g/mol. The normalized spacial score (nSPS) is 18.5. The van der Waals surface area contributed by atoms with Gasteiger partial charge in [0.2, 0.25) is 0 Å². The second-order valence-corrected chi connectivity index (χ2v) is 6.51. The molecule has 3 aromatic rings. The van der Waals surface area contributed by atoms with Crippen LogP contribution in [0.2, 0.25) is 0 Å². The molecule has 0 radical (unpaired) electrons. The van der Waals surface area contributed by atoms with Gasteiger partial charge in [-0.1, -0.05) is 6.07 Å². The predicted molar refractivity (Wildman–Crippen MR) is 91.6 cm³/mol. The summed E-state index contributed by atoms with van der Waals surface area (Å²) in [5, 5.41) is 0. The lowest BCUT2D eigenvalue weighted by molar-refractivity contribution is 0.000903. The lowest BCUT2D eigenvalue weighted by atomic mass is 10.1. The summed E-state index contributed by atoms with van der Waals surface area (Å²) in [6.45, 7) is 2.43. The zero-order valence-corrected chi connectivity index (χ0v) is 14.0. The predicted octanol–water partition coefficient (Wildman–Crippen LogP) is 3.80. The summed E-state index contributed by atoms with van der Waals surface area (Å²) in [6, 6.07) is 10.2. The summed E-state index contributed by atoms with van der Waals surface area (Å²) in [5.41, 5.74) is 2.16. The topological polar surface area (TPSA) is 42.9 Å². The Labute approximate surface area is 141 Å². The van der Waals surface area contributed by atoms with Gasteiger partial charge in [-0.2, -0.15) is 0 Å². The minimum atomic E-state index is 0.136. The number of nitrogens with zero attached hydrogens (tertiary/aromatic N) is 3. The number of furan rings is 1. The lowest BCUT2D eigenvalue weighted by Crippen LogP contribution is -2.18. The van der Waals surface area contributed by atoms with Crippen LogP contribution < -0.4 is 0 Å². The molecule has 4 rings (SSSR count). The van der Waals surface area contributed by atoms with Crippen LogP contribution in [-0.2, 0) is 17.8 Å². The van der Waals surface area contributed by atoms with E-state index in [0.717, 1.165) is 49.7 Å². The molecule has 1 saturated heterocycles. The van der Waals surface area contributed by atoms with E-state index >= 15 is 0 Å². The van der Waals surface area contributed by atoms with Gasteiger partial charge in [0.1, 0.15) is 23.3 Å². The molecule has 5 nitrogen and oxygen atoms in total. The van der Waals surface area contributed by atoms with Gasteiger partial charge in [0, 0.05) is 19.3 Å². The van der Waals surface area contributed by atoms with Gasteiger partial charge in [-0.05, 0) is 50.6 Å². The molecule has 0 unspecified atom stereocenters. The number of aromatic nitrogens is 2. The monoisotopic (exact) mass is 325 g/mol. The summed E-state index contributed by atoms with van der Waals surface area (Å²) in [7, 11) is 2.10. The van der Waals surface area contributed by atoms with Crippen LogP contribution in [0.1, 0.15) is 42.6 Å². The minimum Gasteiger partial charge on any atom is -0.462 e. The van der Waals surface area contributed by atoms with Crippen molar-refractivity contribution in [3.8, 4) is 0 Å². The molecule has 1 atom stereocenters. The number of hydrogen-bond acceptors (Lipinski definition) is 4. The average Bonchev–Trinajstić information content (AvgIpc) is 3.23. The molecule has 1 fully saturated rings. The SMILES string of the molecule is CN(Cc1ccc([C@H]2CCCCO2)o1)Cc1cnc2ccccn12. The maximum Gasteiger partial charge on any atom is 0.136 e. The Morgan fingerprint density at radius 2 is 2.17 bits per heavy atom. The van der Waals surface area contributed by atoms with Gasteiger partial charge in [-0.15, -0.1) is 0 Å². The smallest absolute Gasteiger partial charge is 0.136 e. The first-order valence-electron chi connectivity index (χ1n) is 8.59. The van der Waals surface area contributed by atoms with E-state index in [4.69, 9.17) is 9.15 Å². The largest absolute Gasteiger partial charge is 0.462 e. The Balaban J connectivity index is 1.41. The number of rotatable bonds is 5. The molecular formula is C19H23N3O2. The Kier molecular flexibility index (Phi) is 4.36. The number of fused-ring (bicyclic) bond motifs is 1. The van der Waals surface area contributed by atoms with Gasteiger partial charge in [0.15, 0.2) is 0 Å². The fraction of sp³-hybridized carbons (Fsp3) is 0.421. The highest BCUT2D eigenvalue weighted by Gasteiger charge is 2.19. The Morgan fingerprint density at radius 1 is 1.21 bits per heavy atom. The van der Waals surface area contributed by atoms with E-state index in [1.54, 1.807) is 0 Å². The lowest BCUT2D eigenvalue weighted by Gasteiger charge is -2.20. The van der Waals surface area contributed by atoms with Crippen molar-refractivity contribution in [3.63, 3.8) is 0 Å². The minimum absolute atomic E-state index is 0.136. The molecular weight excluding hydrogens is 302 g/mol. The molecule has 1 aliphatic heterocycles. The summed E-state index contributed by atoms with van der Waals surface area (Å²) in [5.74, 6) is 1.95. The van der Waals surface area contributed by atoms with Crippen molar-refractivity contribution in [2.24, 2.45) is 0 Å². The van der Waals surface area contributed by atoms with Gasteiger partial charge >= 0.3 is 0 Å². The third kappa shape index (κ3) is 3.23. The molecule has 0 aliphatic carbocycles. The first kappa shape index (κ1) is 15.4. The molecule has 0 aromatic carbocycles. The standard InChI is InChI=1S/C19H23N3O2/c1-21(13-15-12-20-19-7-2-4-10-22(15)19)14-16-8-9-18(24-16)17-6-3-5-11-23-17/h2,4,7-10,12,17H,3,5-6,11,13-14H2,1H3/t17-/m1/s1. The van der Waals surface area contributed by atoms with Gasteiger partial charge in [0.05, 0.1) is 18.4 Å². The maximum absolute atomic E-state index is 6.01. The molecule has 3 aromatic heterocycles. The van der Waals surface area contributed by atoms with Crippen molar-refractivity contribution in [3.05, 3.63) is 59.9 Å². The Hall–Kier alpha value is -2.11. The van der Waals surface area contributed by atoms with Gasteiger partial charge in [-0.3, -0.25) is 4.90 Å². The quantitative estimate of drug-likeness (QED) is 0.715. The van der Waals surface area contributed by atoms with E-state index < -0.39 is 0 Å². The highest BCUT2D eigenvalue weighted by Crippen LogP contribution is 2.29. The molecule has 0 N–H and O–H groups in total. The molecule has 5 heteroatoms. The van der Waals surface area contributed by atoms with E-state index in [1.165, 1.54) is 12.1 Å². The van der Waals surface area contributed by atoms with E-state index in [-0.39, 0.29) is 6.10 Å². The van der Waals surface area contributed by atoms with Crippen LogP contribution in [0.25, 0.3) is 5.65 Å². The van der Waals surface area contributed by atoms with Gasteiger partial charge in [0.25, 0.3) is 0 Å². The third-order valence-corrected chi connectivity index (χ3v) is 4.53. The van der Waals surface area contributed by atoms with E-state index in [2.05, 4.69) is 39.7 Å². The first-order chi connectivity index (χ1) is 11.8. The van der Waals surface area contributed by atoms with E-state index in [0.29, 0.717) is 0 Å². The van der Waals surface area contributed by atoms with Crippen LogP contribution in [-0.4, -0.2) is 27.9 Å². The van der Waals surface area contributed by atoms with Gasteiger partial charge < -0.3 is 13.6 Å². The molecule has 0 spiro atoms. The van der Waals surface area contributed by atoms with Crippen molar-refractivity contribution < 1.29 is 9.15 Å². The number of pyridine rings is 1. The highest BCUT2D eigenvalue weighted by molar-refractivity contribution is 5.39. The fourth-order valence-electron chi connectivity index (χ4n) is 3.32. The molecule has 24 heavy (non-hydrogen) atoms. The fourth-order valence-corrected chi connectivity index (χ4v) is 3.32. The highest BCUT2D eigenvalue weighted by atomic mass is 16.5. The van der Waals surface area contributed by atoms with Crippen molar-refractivity contribution in [1.29, 1.82) is 0 Å². The Morgan fingerprint density at radius 3 is 3.04 bits per heavy atom. The summed E-state index contributed by atoms with van der Waals surface area (Å²) in [4.78, 5) is 6.68. The van der Waals surface area contributed by atoms with Crippen LogP contribution in [0.4, 0.5) is 0 Å². The zero-order chi connectivity index (χ0) is 16.4. The summed E-state index contributed by atoms with van der Waals surface area (Å²) in [6.07, 6.45) is 7.56. The maximum atomic E-state index is 6.01. The van der Waals surface area contributed by atoms with Crippen LogP contribution in [0.15, 0.2) is 47.1 Å². The molecule has 1 aliphatic rings. The van der Waals surface area contributed by atoms with Crippen molar-refractivity contribution in [1.82, 2.24) is 14.3 Å². The van der Waals surface area contributed by atoms with Gasteiger partial charge in [-0.25, -0.2) is 4.98 Å². The summed E-state index contributed by atoms with van der Waals surface area (Å²) >= 11 is 0. The second kappa shape index (κ2) is 6.79. The molecule has 126 valence electrons. The third-order valence-electron chi connectivity index (χ3n) is 4.53. The van der Waals surface area contributed by atoms with Crippen LogP contribution >= 0.6 is 0 Å². The molecule has 0 amide bonds.